The number of nitrogens with two attached hydrogens (primary N) is 1. The molecule has 1 atom stereocenters. The van der Waals surface area contributed by atoms with E-state index >= 15 is 0 Å². The van der Waals surface area contributed by atoms with Gasteiger partial charge in [0.1, 0.15) is 6.04 Å². The Bertz CT molecular complexity index is 531. The number of H-pyrrole nitrogens is 1. The van der Waals surface area contributed by atoms with Crippen molar-refractivity contribution in [2.24, 2.45) is 5.73 Å². The number of carbonyl (C=O) groups excluding carboxylic acids is 1. The van der Waals surface area contributed by atoms with Crippen LogP contribution in [0.5, 0.6) is 0 Å². The highest BCUT2D eigenvalue weighted by molar-refractivity contribution is 5.89. The number of methoxy groups -OCH3 is 1. The van der Waals surface area contributed by atoms with Crippen molar-refractivity contribution >= 4 is 16.9 Å². The van der Waals surface area contributed by atoms with Gasteiger partial charge >= 0.3 is 5.97 Å². The lowest BCUT2D eigenvalue weighted by molar-refractivity contribution is -0.142. The Balaban J connectivity index is 2.50. The van der Waals surface area contributed by atoms with Crippen LogP contribution in [-0.4, -0.2) is 18.1 Å². The molecule has 1 heterocycles. The Morgan fingerprint density at radius 1 is 1.50 bits per heavy atom. The molecule has 4 heteroatoms. The maximum Gasteiger partial charge on any atom is 0.327 e. The Labute approximate surface area is 93.4 Å². The van der Waals surface area contributed by atoms with E-state index in [2.05, 4.69) is 9.72 Å². The molecule has 0 bridgehead atoms. The van der Waals surface area contributed by atoms with E-state index < -0.39 is 12.0 Å². The van der Waals surface area contributed by atoms with Crippen molar-refractivity contribution in [1.82, 2.24) is 4.98 Å². The molecule has 16 heavy (non-hydrogen) atoms. The van der Waals surface area contributed by atoms with Gasteiger partial charge in [-0.05, 0) is 18.6 Å². The summed E-state index contributed by atoms with van der Waals surface area (Å²) in [5.41, 5.74) is 8.71. The van der Waals surface area contributed by atoms with Crippen molar-refractivity contribution in [3.05, 3.63) is 35.5 Å². The van der Waals surface area contributed by atoms with Gasteiger partial charge in [0.2, 0.25) is 0 Å². The molecule has 2 rings (SSSR count). The average Bonchev–Trinajstić information content (AvgIpc) is 2.69. The summed E-state index contributed by atoms with van der Waals surface area (Å²) in [7, 11) is 1.33. The first-order valence-electron chi connectivity index (χ1n) is 5.04. The molecule has 1 aromatic carbocycles. The van der Waals surface area contributed by atoms with Crippen molar-refractivity contribution in [1.29, 1.82) is 0 Å². The molecule has 0 aliphatic rings. The van der Waals surface area contributed by atoms with Crippen LogP contribution < -0.4 is 5.73 Å². The van der Waals surface area contributed by atoms with Crippen LogP contribution in [0.1, 0.15) is 17.2 Å². The number of fused-ring (bicyclic) bond motifs is 1. The van der Waals surface area contributed by atoms with Gasteiger partial charge in [0.05, 0.1) is 7.11 Å². The molecule has 84 valence electrons. The summed E-state index contributed by atoms with van der Waals surface area (Å²) < 4.78 is 4.63. The first kappa shape index (κ1) is 10.7. The number of ether oxygens (including phenoxy) is 1. The fraction of sp³-hybridized carbons (Fsp3) is 0.250. The lowest BCUT2D eigenvalue weighted by atomic mass is 10.1. The highest BCUT2D eigenvalue weighted by Crippen LogP contribution is 2.24. The second kappa shape index (κ2) is 3.98. The molecule has 4 nitrogen and oxygen atoms in total. The number of carbonyl (C=O) groups is 1. The minimum atomic E-state index is -0.735. The highest BCUT2D eigenvalue weighted by atomic mass is 16.5. The number of aromatic nitrogens is 1. The zero-order valence-corrected chi connectivity index (χ0v) is 9.28. The predicted molar refractivity (Wildman–Crippen MR) is 62.0 cm³/mol. The van der Waals surface area contributed by atoms with E-state index in [0.29, 0.717) is 0 Å². The summed E-state index contributed by atoms with van der Waals surface area (Å²) in [6.45, 7) is 2.01. The molecule has 0 radical (unpaired) electrons. The van der Waals surface area contributed by atoms with Crippen LogP contribution in [-0.2, 0) is 9.53 Å². The molecule has 2 aromatic rings. The van der Waals surface area contributed by atoms with E-state index in [0.717, 1.165) is 22.0 Å². The van der Waals surface area contributed by atoms with E-state index in [1.807, 2.05) is 25.1 Å². The van der Waals surface area contributed by atoms with Crippen LogP contribution in [0.25, 0.3) is 10.9 Å². The van der Waals surface area contributed by atoms with Crippen LogP contribution in [0.3, 0.4) is 0 Å². The van der Waals surface area contributed by atoms with Gasteiger partial charge in [-0.15, -0.1) is 0 Å². The summed E-state index contributed by atoms with van der Waals surface area (Å²) in [5.74, 6) is -0.429. The fourth-order valence-corrected chi connectivity index (χ4v) is 1.77. The van der Waals surface area contributed by atoms with Crippen molar-refractivity contribution in [2.75, 3.05) is 7.11 Å². The lowest BCUT2D eigenvalue weighted by Crippen LogP contribution is -2.22. The number of hydrogen-bond donors (Lipinski definition) is 2. The maximum atomic E-state index is 11.4. The second-order valence-corrected chi connectivity index (χ2v) is 3.79. The summed E-state index contributed by atoms with van der Waals surface area (Å²) in [5, 5.41) is 0.962. The largest absolute Gasteiger partial charge is 0.468 e. The van der Waals surface area contributed by atoms with Crippen LogP contribution in [0.2, 0.25) is 0 Å². The van der Waals surface area contributed by atoms with Gasteiger partial charge in [-0.3, -0.25) is 4.79 Å². The van der Waals surface area contributed by atoms with Crippen molar-refractivity contribution in [2.45, 2.75) is 13.0 Å². The molecule has 1 aromatic heterocycles. The van der Waals surface area contributed by atoms with Gasteiger partial charge in [0, 0.05) is 22.7 Å². The van der Waals surface area contributed by atoms with Gasteiger partial charge in [-0.25, -0.2) is 0 Å². The first-order chi connectivity index (χ1) is 7.63. The normalized spacial score (nSPS) is 12.7. The summed E-state index contributed by atoms with van der Waals surface area (Å²) in [6, 6.07) is 5.23. The average molecular weight is 218 g/mol. The van der Waals surface area contributed by atoms with Gasteiger partial charge in [-0.2, -0.15) is 0 Å². The Kier molecular flexibility index (Phi) is 2.66. The predicted octanol–water partition coefficient (Wildman–Crippen LogP) is 1.65. The molecular weight excluding hydrogens is 204 g/mol. The van der Waals surface area contributed by atoms with Crippen molar-refractivity contribution in [3.8, 4) is 0 Å². The lowest BCUT2D eigenvalue weighted by Gasteiger charge is -2.07. The third-order valence-corrected chi connectivity index (χ3v) is 2.66. The minimum absolute atomic E-state index is 0.429. The minimum Gasteiger partial charge on any atom is -0.468 e. The molecular formula is C12H14N2O2. The standard InChI is InChI=1S/C12H14N2O2/c1-7-3-4-8-9(6-14-10(8)5-7)11(13)12(15)16-2/h3-6,11,14H,13H2,1-2H3. The smallest absolute Gasteiger partial charge is 0.327 e. The monoisotopic (exact) mass is 218 g/mol. The maximum absolute atomic E-state index is 11.4. The van der Waals surface area contributed by atoms with Gasteiger partial charge < -0.3 is 15.5 Å². The molecule has 0 aliphatic heterocycles. The Morgan fingerprint density at radius 3 is 2.94 bits per heavy atom. The third kappa shape index (κ3) is 1.67. The van der Waals surface area contributed by atoms with Gasteiger partial charge in [0.15, 0.2) is 0 Å². The Hall–Kier alpha value is -1.81. The van der Waals surface area contributed by atoms with E-state index in [1.54, 1.807) is 6.20 Å². The summed E-state index contributed by atoms with van der Waals surface area (Å²) >= 11 is 0. The number of rotatable bonds is 2. The highest BCUT2D eigenvalue weighted by Gasteiger charge is 2.19. The zero-order valence-electron chi connectivity index (χ0n) is 9.28. The summed E-state index contributed by atoms with van der Waals surface area (Å²) in [4.78, 5) is 14.5. The molecule has 0 saturated carbocycles. The van der Waals surface area contributed by atoms with Crippen molar-refractivity contribution in [3.63, 3.8) is 0 Å². The number of aryl methyl sites for hydroxylation is 1. The zero-order chi connectivity index (χ0) is 11.7. The molecule has 0 spiro atoms. The number of aromatic amines is 1. The van der Waals surface area contributed by atoms with E-state index in [4.69, 9.17) is 5.73 Å². The van der Waals surface area contributed by atoms with Crippen LogP contribution in [0.15, 0.2) is 24.4 Å². The van der Waals surface area contributed by atoms with E-state index in [1.165, 1.54) is 7.11 Å². The fourth-order valence-electron chi connectivity index (χ4n) is 1.77. The topological polar surface area (TPSA) is 68.1 Å². The van der Waals surface area contributed by atoms with E-state index in [-0.39, 0.29) is 0 Å². The molecule has 0 amide bonds. The first-order valence-corrected chi connectivity index (χ1v) is 5.04. The molecule has 1 unspecified atom stereocenters. The van der Waals surface area contributed by atoms with Gasteiger partial charge in [0.25, 0.3) is 0 Å². The quantitative estimate of drug-likeness (QED) is 0.753. The number of esters is 1. The third-order valence-electron chi connectivity index (χ3n) is 2.66. The van der Waals surface area contributed by atoms with Crippen LogP contribution in [0.4, 0.5) is 0 Å². The van der Waals surface area contributed by atoms with E-state index in [9.17, 15) is 4.79 Å². The number of hydrogen-bond acceptors (Lipinski definition) is 3. The number of nitrogens with one attached hydrogen (secondary N) is 1. The molecule has 0 fully saturated rings. The Morgan fingerprint density at radius 2 is 2.25 bits per heavy atom. The SMILES string of the molecule is COC(=O)C(N)c1c[nH]c2cc(C)ccc12. The summed E-state index contributed by atoms with van der Waals surface area (Å²) in [6.07, 6.45) is 1.76. The van der Waals surface area contributed by atoms with Crippen LogP contribution in [0, 0.1) is 6.92 Å². The van der Waals surface area contributed by atoms with Crippen LogP contribution >= 0.6 is 0 Å². The molecule has 0 aliphatic carbocycles. The van der Waals surface area contributed by atoms with Crippen molar-refractivity contribution < 1.29 is 9.53 Å². The second-order valence-electron chi connectivity index (χ2n) is 3.79. The van der Waals surface area contributed by atoms with Gasteiger partial charge in [-0.1, -0.05) is 12.1 Å². The molecule has 0 saturated heterocycles. The molecule has 3 N–H and O–H groups in total. The number of benzene rings is 1.